The molecule has 5 nitrogen and oxygen atoms in total. The second-order valence-corrected chi connectivity index (χ2v) is 15.1. The van der Waals surface area contributed by atoms with Crippen LogP contribution in [0.15, 0.2) is 85.1 Å². The summed E-state index contributed by atoms with van der Waals surface area (Å²) in [5.74, 6) is -0.606. The van der Waals surface area contributed by atoms with Crippen LogP contribution in [0.3, 0.4) is 0 Å². The Kier molecular flexibility index (Phi) is 44.0. The summed E-state index contributed by atoms with van der Waals surface area (Å²) in [5, 5.41) is 9.49. The standard InChI is InChI=1S/C51H86O5/c1-3-5-7-9-10-11-12-13-14-15-16-17-18-19-20-21-22-23-24-25-26-27-28-29-30-31-32-33-34-35-36-37-38-39-40-42-44-46-51(54)56-49(47-52)48-55-50(53)45-43-41-8-6-4-2/h5,7,10-11,13-14,16-17,19-20,22-23,25-26,49,52H,3-4,6,8-9,12,15,18,21,24,27-48H2,1-2H3/b7-5-,11-10-,14-13-,17-16-,20-19-,23-22-,26-25-. The number of carbonyl (C=O) groups excluding carboxylic acids is 2. The van der Waals surface area contributed by atoms with Crippen LogP contribution in [0.1, 0.15) is 206 Å². The summed E-state index contributed by atoms with van der Waals surface area (Å²) in [4.78, 5) is 24.0. The van der Waals surface area contributed by atoms with Gasteiger partial charge in [0.1, 0.15) is 6.61 Å². The van der Waals surface area contributed by atoms with Crippen molar-refractivity contribution in [3.8, 4) is 0 Å². The zero-order chi connectivity index (χ0) is 40.7. The highest BCUT2D eigenvalue weighted by molar-refractivity contribution is 5.70. The molecule has 0 heterocycles. The van der Waals surface area contributed by atoms with Crippen molar-refractivity contribution in [3.63, 3.8) is 0 Å². The lowest BCUT2D eigenvalue weighted by atomic mass is 10.0. The number of carbonyl (C=O) groups is 2. The maximum Gasteiger partial charge on any atom is 0.306 e. The fraction of sp³-hybridized carbons (Fsp3) is 0.686. The highest BCUT2D eigenvalue weighted by Gasteiger charge is 2.16. The van der Waals surface area contributed by atoms with Crippen LogP contribution >= 0.6 is 0 Å². The fourth-order valence-electron chi connectivity index (χ4n) is 6.24. The maximum absolute atomic E-state index is 12.1. The van der Waals surface area contributed by atoms with Crippen molar-refractivity contribution in [3.05, 3.63) is 85.1 Å². The Morgan fingerprint density at radius 2 is 0.768 bits per heavy atom. The Morgan fingerprint density at radius 1 is 0.429 bits per heavy atom. The van der Waals surface area contributed by atoms with Crippen LogP contribution in [0.25, 0.3) is 0 Å². The van der Waals surface area contributed by atoms with Crippen LogP contribution in [-0.2, 0) is 19.1 Å². The van der Waals surface area contributed by atoms with E-state index in [1.165, 1.54) is 96.3 Å². The van der Waals surface area contributed by atoms with Gasteiger partial charge in [-0.05, 0) is 70.6 Å². The molecule has 0 fully saturated rings. The molecule has 1 atom stereocenters. The van der Waals surface area contributed by atoms with Gasteiger partial charge in [-0.1, -0.05) is 208 Å². The molecular weight excluding hydrogens is 693 g/mol. The van der Waals surface area contributed by atoms with E-state index in [1.54, 1.807) is 0 Å². The number of aliphatic hydroxyl groups is 1. The van der Waals surface area contributed by atoms with Gasteiger partial charge < -0.3 is 14.6 Å². The minimum Gasteiger partial charge on any atom is -0.462 e. The summed E-state index contributed by atoms with van der Waals surface area (Å²) in [5.41, 5.74) is 0. The first kappa shape index (κ1) is 53.1. The van der Waals surface area contributed by atoms with Crippen molar-refractivity contribution in [2.75, 3.05) is 13.2 Å². The summed E-state index contributed by atoms with van der Waals surface area (Å²) in [6.45, 7) is 3.93. The molecule has 1 N–H and O–H groups in total. The molecule has 320 valence electrons. The Bertz CT molecular complexity index is 1060. The number of aliphatic hydroxyl groups excluding tert-OH is 1. The van der Waals surface area contributed by atoms with Crippen LogP contribution in [0.5, 0.6) is 0 Å². The average Bonchev–Trinajstić information content (AvgIpc) is 3.20. The number of ether oxygens (including phenoxy) is 2. The molecule has 56 heavy (non-hydrogen) atoms. The molecule has 0 aliphatic carbocycles. The van der Waals surface area contributed by atoms with E-state index in [0.717, 1.165) is 83.5 Å². The number of allylic oxidation sites excluding steroid dienone is 14. The molecule has 0 saturated heterocycles. The molecule has 0 aromatic rings. The number of esters is 2. The van der Waals surface area contributed by atoms with E-state index in [1.807, 2.05) is 0 Å². The summed E-state index contributed by atoms with van der Waals surface area (Å²) in [6.07, 6.45) is 64.4. The van der Waals surface area contributed by atoms with Crippen LogP contribution in [-0.4, -0.2) is 36.4 Å². The Hall–Kier alpha value is -2.92. The summed E-state index contributed by atoms with van der Waals surface area (Å²) in [6, 6.07) is 0. The smallest absolute Gasteiger partial charge is 0.306 e. The normalized spacial score (nSPS) is 13.0. The minimum absolute atomic E-state index is 0.0677. The molecule has 0 rings (SSSR count). The van der Waals surface area contributed by atoms with Crippen LogP contribution in [0, 0.1) is 0 Å². The second kappa shape index (κ2) is 46.5. The largest absolute Gasteiger partial charge is 0.462 e. The van der Waals surface area contributed by atoms with Crippen molar-refractivity contribution in [1.29, 1.82) is 0 Å². The zero-order valence-corrected chi connectivity index (χ0v) is 36.4. The molecule has 0 amide bonds. The lowest BCUT2D eigenvalue weighted by molar-refractivity contribution is -0.161. The topological polar surface area (TPSA) is 72.8 Å². The third kappa shape index (κ3) is 43.8. The summed E-state index contributed by atoms with van der Waals surface area (Å²) < 4.78 is 10.5. The van der Waals surface area contributed by atoms with Crippen molar-refractivity contribution in [1.82, 2.24) is 0 Å². The number of rotatable bonds is 41. The molecule has 0 aromatic carbocycles. The van der Waals surface area contributed by atoms with Gasteiger partial charge in [-0.25, -0.2) is 0 Å². The van der Waals surface area contributed by atoms with Gasteiger partial charge in [0, 0.05) is 12.8 Å². The quantitative estimate of drug-likeness (QED) is 0.0380. The molecule has 0 aliphatic rings. The fourth-order valence-corrected chi connectivity index (χ4v) is 6.24. The zero-order valence-electron chi connectivity index (χ0n) is 36.4. The van der Waals surface area contributed by atoms with Crippen molar-refractivity contribution >= 4 is 11.9 Å². The first-order valence-corrected chi connectivity index (χ1v) is 23.1. The molecule has 1 unspecified atom stereocenters. The van der Waals surface area contributed by atoms with E-state index in [-0.39, 0.29) is 25.2 Å². The minimum atomic E-state index is -0.768. The van der Waals surface area contributed by atoms with Crippen LogP contribution < -0.4 is 0 Å². The molecular formula is C51H86O5. The van der Waals surface area contributed by atoms with Gasteiger partial charge in [0.05, 0.1) is 6.61 Å². The lowest BCUT2D eigenvalue weighted by Crippen LogP contribution is -2.28. The third-order valence-electron chi connectivity index (χ3n) is 9.70. The lowest BCUT2D eigenvalue weighted by Gasteiger charge is -2.15. The SMILES string of the molecule is CC/C=C\C/C=C\C/C=C\C/C=C\C/C=C\C/C=C\C/C=C\CCCCCCCCCCCCCCCCCC(=O)OC(CO)COC(=O)CCCCCCC. The highest BCUT2D eigenvalue weighted by atomic mass is 16.6. The van der Waals surface area contributed by atoms with E-state index >= 15 is 0 Å². The molecule has 0 bridgehead atoms. The van der Waals surface area contributed by atoms with Crippen molar-refractivity contribution < 1.29 is 24.2 Å². The van der Waals surface area contributed by atoms with Gasteiger partial charge in [-0.3, -0.25) is 9.59 Å². The number of unbranched alkanes of at least 4 members (excludes halogenated alkanes) is 19. The van der Waals surface area contributed by atoms with Crippen molar-refractivity contribution in [2.24, 2.45) is 0 Å². The predicted octanol–water partition coefficient (Wildman–Crippen LogP) is 15.1. The first-order chi connectivity index (χ1) is 27.6. The van der Waals surface area contributed by atoms with Crippen molar-refractivity contribution in [2.45, 2.75) is 213 Å². The number of hydrogen-bond donors (Lipinski definition) is 1. The van der Waals surface area contributed by atoms with Gasteiger partial charge in [-0.15, -0.1) is 0 Å². The molecule has 0 saturated carbocycles. The van der Waals surface area contributed by atoms with Gasteiger partial charge >= 0.3 is 11.9 Å². The summed E-state index contributed by atoms with van der Waals surface area (Å²) in [7, 11) is 0. The second-order valence-electron chi connectivity index (χ2n) is 15.1. The van der Waals surface area contributed by atoms with Crippen LogP contribution in [0.4, 0.5) is 0 Å². The van der Waals surface area contributed by atoms with Gasteiger partial charge in [0.2, 0.25) is 0 Å². The predicted molar refractivity (Wildman–Crippen MR) is 242 cm³/mol. The van der Waals surface area contributed by atoms with E-state index in [2.05, 4.69) is 98.9 Å². The van der Waals surface area contributed by atoms with Crippen LogP contribution in [0.2, 0.25) is 0 Å². The monoisotopic (exact) mass is 779 g/mol. The van der Waals surface area contributed by atoms with E-state index < -0.39 is 6.10 Å². The summed E-state index contributed by atoms with van der Waals surface area (Å²) >= 11 is 0. The molecule has 5 heteroatoms. The average molecular weight is 779 g/mol. The highest BCUT2D eigenvalue weighted by Crippen LogP contribution is 2.15. The molecule has 0 aliphatic heterocycles. The molecule has 0 spiro atoms. The van der Waals surface area contributed by atoms with Gasteiger partial charge in [-0.2, -0.15) is 0 Å². The number of hydrogen-bond acceptors (Lipinski definition) is 5. The first-order valence-electron chi connectivity index (χ1n) is 23.1. The van der Waals surface area contributed by atoms with E-state index in [9.17, 15) is 14.7 Å². The molecule has 0 radical (unpaired) electrons. The maximum atomic E-state index is 12.1. The Morgan fingerprint density at radius 3 is 1.16 bits per heavy atom. The van der Waals surface area contributed by atoms with E-state index in [0.29, 0.717) is 12.8 Å². The Balaban J connectivity index is 3.46. The Labute approximate surface area is 346 Å². The van der Waals surface area contributed by atoms with Gasteiger partial charge in [0.25, 0.3) is 0 Å². The van der Waals surface area contributed by atoms with E-state index in [4.69, 9.17) is 9.47 Å². The third-order valence-corrected chi connectivity index (χ3v) is 9.70. The molecule has 0 aromatic heterocycles. The van der Waals surface area contributed by atoms with Gasteiger partial charge in [0.15, 0.2) is 6.10 Å².